The number of nitro groups is 1. The minimum Gasteiger partial charge on any atom is -0.262 e. The van der Waals surface area contributed by atoms with E-state index in [2.05, 4.69) is 0 Å². The smallest absolute Gasteiger partial charge is 0.262 e. The Morgan fingerprint density at radius 3 is 2.19 bits per heavy atom. The molecule has 0 fully saturated rings. The van der Waals surface area contributed by atoms with Gasteiger partial charge in [-0.3, -0.25) is 9.36 Å². The van der Waals surface area contributed by atoms with Gasteiger partial charge in [0.1, 0.15) is 0 Å². The van der Waals surface area contributed by atoms with E-state index in [0.717, 1.165) is 0 Å². The predicted molar refractivity (Wildman–Crippen MR) is 58.9 cm³/mol. The van der Waals surface area contributed by atoms with Crippen molar-refractivity contribution < 1.29 is 14.4 Å². The highest BCUT2D eigenvalue weighted by Crippen LogP contribution is 2.60. The van der Waals surface area contributed by atoms with E-state index in [4.69, 9.17) is 22.5 Å². The highest BCUT2D eigenvalue weighted by Gasteiger charge is 2.41. The molecule has 0 spiro atoms. The van der Waals surface area contributed by atoms with E-state index < -0.39 is 16.9 Å². The summed E-state index contributed by atoms with van der Waals surface area (Å²) in [6, 6.07) is 7.26. The van der Waals surface area contributed by atoms with Gasteiger partial charge in [-0.1, -0.05) is 18.2 Å². The predicted octanol–water partition coefficient (Wildman–Crippen LogP) is 2.91. The number of amides is 1. The molecule has 0 radical (unpaired) electrons. The minimum absolute atomic E-state index is 0.0271. The van der Waals surface area contributed by atoms with Crippen LogP contribution >= 0.6 is 28.5 Å². The summed E-state index contributed by atoms with van der Waals surface area (Å²) in [5.74, 6) is -5.45. The van der Waals surface area contributed by atoms with Crippen molar-refractivity contribution in [2.24, 2.45) is 0 Å². The maximum absolute atomic E-state index is 11.6. The molecule has 0 aliphatic heterocycles. The molecular weight excluding hydrogens is 278 g/mol. The summed E-state index contributed by atoms with van der Waals surface area (Å²) in [6.45, 7) is 0. The Morgan fingerprint density at radius 2 is 1.81 bits per heavy atom. The first-order valence-corrected chi connectivity index (χ1v) is 7.34. The van der Waals surface area contributed by atoms with Gasteiger partial charge in [0.05, 0.1) is 0 Å². The number of rotatable bonds is 3. The fraction of sp³-hybridized carbons (Fsp3) is 0. The second kappa shape index (κ2) is 4.82. The van der Waals surface area contributed by atoms with E-state index in [1.807, 2.05) is 0 Å². The number of hydrazine groups is 1. The highest BCUT2D eigenvalue weighted by atomic mass is 35.9. The Balaban J connectivity index is 3.12. The van der Waals surface area contributed by atoms with Crippen LogP contribution in [0.15, 0.2) is 30.3 Å². The van der Waals surface area contributed by atoms with Gasteiger partial charge in [0, 0.05) is 10.3 Å². The second-order valence-corrected chi connectivity index (χ2v) is 7.15. The van der Waals surface area contributed by atoms with E-state index in [1.54, 1.807) is 6.07 Å². The zero-order chi connectivity index (χ0) is 12.3. The molecule has 1 aromatic carbocycles. The number of hydrogen-bond donors (Lipinski definition) is 0. The summed E-state index contributed by atoms with van der Waals surface area (Å²) in [5.41, 5.74) is -0.0271. The van der Waals surface area contributed by atoms with Gasteiger partial charge in [0.25, 0.3) is 0 Å². The third-order valence-corrected chi connectivity index (χ3v) is 3.21. The van der Waals surface area contributed by atoms with E-state index in [9.17, 15) is 19.5 Å². The summed E-state index contributed by atoms with van der Waals surface area (Å²) in [7, 11) is 0. The fourth-order valence-electron chi connectivity index (χ4n) is 0.961. The van der Waals surface area contributed by atoms with Crippen molar-refractivity contribution in [3.05, 3.63) is 46.0 Å². The Morgan fingerprint density at radius 1 is 1.31 bits per heavy atom. The number of nitrogens with zero attached hydrogens (tertiary/aromatic N) is 2. The number of carbonyl (C=O) groups excluding carboxylic acids is 1. The molecule has 0 heterocycles. The van der Waals surface area contributed by atoms with Crippen LogP contribution in [0.2, 0.25) is 0 Å². The molecular formula is C7H5Cl2N2O4P. The molecule has 1 aromatic rings. The fourth-order valence-corrected chi connectivity index (χ4v) is 2.20. The standard InChI is InChI=1S/C7H5Cl2N2O4P/c8-16(9,15)10(11(13)14)7(12)6-4-2-1-3-5-6/h1-5H. The Labute approximate surface area is 99.9 Å². The molecule has 0 unspecified atom stereocenters. The van der Waals surface area contributed by atoms with Gasteiger partial charge in [-0.15, -0.1) is 0 Å². The lowest BCUT2D eigenvalue weighted by molar-refractivity contribution is -0.598. The summed E-state index contributed by atoms with van der Waals surface area (Å²) < 4.78 is 10.9. The molecule has 6 nitrogen and oxygen atoms in total. The number of halogens is 2. The molecule has 0 aromatic heterocycles. The zero-order valence-electron chi connectivity index (χ0n) is 7.62. The number of carbonyl (C=O) groups is 1. The highest BCUT2D eigenvalue weighted by molar-refractivity contribution is 8.07. The largest absolute Gasteiger partial charge is 0.407 e. The van der Waals surface area contributed by atoms with Crippen molar-refractivity contribution in [3.8, 4) is 0 Å². The molecule has 0 N–H and O–H groups in total. The molecule has 0 saturated carbocycles. The van der Waals surface area contributed by atoms with Gasteiger partial charge < -0.3 is 0 Å². The Kier molecular flexibility index (Phi) is 3.91. The quantitative estimate of drug-likeness (QED) is 0.485. The summed E-state index contributed by atoms with van der Waals surface area (Å²) >= 11 is 10.2. The van der Waals surface area contributed by atoms with Crippen LogP contribution < -0.4 is 0 Å². The minimum atomic E-state index is -4.32. The van der Waals surface area contributed by atoms with Crippen LogP contribution in [0.4, 0.5) is 0 Å². The van der Waals surface area contributed by atoms with Crippen LogP contribution in [-0.2, 0) is 4.57 Å². The molecule has 0 atom stereocenters. The van der Waals surface area contributed by atoms with Crippen LogP contribution in [0.1, 0.15) is 10.4 Å². The van der Waals surface area contributed by atoms with Crippen LogP contribution in [-0.4, -0.2) is 15.7 Å². The van der Waals surface area contributed by atoms with Crippen LogP contribution in [0.25, 0.3) is 0 Å². The second-order valence-electron chi connectivity index (χ2n) is 2.63. The topological polar surface area (TPSA) is 80.5 Å². The molecule has 9 heteroatoms. The average Bonchev–Trinajstić information content (AvgIpc) is 2.16. The third-order valence-electron chi connectivity index (χ3n) is 1.58. The molecule has 0 aliphatic carbocycles. The Bertz CT molecular complexity index is 461. The van der Waals surface area contributed by atoms with Crippen molar-refractivity contribution in [1.82, 2.24) is 4.78 Å². The lowest BCUT2D eigenvalue weighted by Gasteiger charge is -2.11. The van der Waals surface area contributed by atoms with Crippen LogP contribution in [0, 0.1) is 10.1 Å². The first-order valence-electron chi connectivity index (χ1n) is 3.87. The van der Waals surface area contributed by atoms with E-state index in [1.165, 1.54) is 24.3 Å². The first-order chi connectivity index (χ1) is 7.34. The van der Waals surface area contributed by atoms with Gasteiger partial charge in [-0.05, 0) is 34.6 Å². The summed E-state index contributed by atoms with van der Waals surface area (Å²) in [5, 5.41) is 9.33. The van der Waals surface area contributed by atoms with Gasteiger partial charge in [0.2, 0.25) is 0 Å². The number of hydrogen-bond acceptors (Lipinski definition) is 4. The van der Waals surface area contributed by atoms with Crippen LogP contribution in [0.3, 0.4) is 0 Å². The zero-order valence-corrected chi connectivity index (χ0v) is 10.0. The van der Waals surface area contributed by atoms with Crippen LogP contribution in [0.5, 0.6) is 0 Å². The molecule has 16 heavy (non-hydrogen) atoms. The lowest BCUT2D eigenvalue weighted by atomic mass is 10.2. The van der Waals surface area contributed by atoms with Gasteiger partial charge in [0.15, 0.2) is 5.03 Å². The Hall–Kier alpha value is -1.10. The normalized spacial score (nSPS) is 10.9. The maximum atomic E-state index is 11.6. The monoisotopic (exact) mass is 282 g/mol. The molecule has 1 rings (SSSR count). The summed E-state index contributed by atoms with van der Waals surface area (Å²) in [4.78, 5) is 22.1. The van der Waals surface area contributed by atoms with Crippen molar-refractivity contribution in [1.29, 1.82) is 0 Å². The molecule has 86 valence electrons. The number of benzene rings is 1. The van der Waals surface area contributed by atoms with E-state index in [0.29, 0.717) is 0 Å². The lowest BCUT2D eigenvalue weighted by Crippen LogP contribution is -2.30. The molecule has 0 aliphatic rings. The average molecular weight is 283 g/mol. The van der Waals surface area contributed by atoms with Gasteiger partial charge in [-0.2, -0.15) is 0 Å². The SMILES string of the molecule is O=C(c1ccccc1)N([N+](=O)[O-])P(=O)(Cl)Cl. The van der Waals surface area contributed by atoms with Crippen molar-refractivity contribution >= 4 is 34.4 Å². The van der Waals surface area contributed by atoms with Crippen molar-refractivity contribution in [3.63, 3.8) is 0 Å². The summed E-state index contributed by atoms with van der Waals surface area (Å²) in [6.07, 6.45) is 0. The van der Waals surface area contributed by atoms with E-state index in [-0.39, 0.29) is 10.3 Å². The molecule has 1 amide bonds. The molecule has 0 bridgehead atoms. The first kappa shape index (κ1) is 13.0. The van der Waals surface area contributed by atoms with Gasteiger partial charge >= 0.3 is 11.9 Å². The third kappa shape index (κ3) is 2.95. The maximum Gasteiger partial charge on any atom is 0.407 e. The van der Waals surface area contributed by atoms with E-state index >= 15 is 0 Å². The van der Waals surface area contributed by atoms with Gasteiger partial charge in [-0.25, -0.2) is 10.1 Å². The van der Waals surface area contributed by atoms with Crippen molar-refractivity contribution in [2.45, 2.75) is 0 Å². The van der Waals surface area contributed by atoms with Crippen molar-refractivity contribution in [2.75, 3.05) is 0 Å². The molecule has 0 saturated heterocycles.